The molecule has 24 heteroatoms. The second kappa shape index (κ2) is 24.8. The summed E-state index contributed by atoms with van der Waals surface area (Å²) in [6.07, 6.45) is -11.9. The molecule has 2 radical (unpaired) electrons. The normalized spacial score (nSPS) is 28.1. The van der Waals surface area contributed by atoms with E-state index in [9.17, 15) is 54.5 Å². The summed E-state index contributed by atoms with van der Waals surface area (Å²) >= 11 is 0. The topological polar surface area (TPSA) is 312 Å². The van der Waals surface area contributed by atoms with Gasteiger partial charge in [0.25, 0.3) is 0 Å². The average molecular weight is 1490 g/mol. The Hall–Kier alpha value is -3.71. The SMILES string of the molecule is CC1=C2C(O)C(=O)[C@]3(C)C(OC(=O)CCCC(=O)OCCn4c([N+](=O)[O-])cnc4C)CC4OCC4(O)C3C(OC(=O)c3ccccc3)C(O)(CC1OC(=O)C(O)C(NC(=O)OC(C)(C)C)c1ccccc1)C2(C)C.[Ac].[Ac]. The molecule has 22 nitrogen and oxygen atoms in total. The first-order chi connectivity index (χ1) is 34.6. The van der Waals surface area contributed by atoms with Gasteiger partial charge in [0.2, 0.25) is 0 Å². The Kier molecular flexibility index (Phi) is 20.6. The van der Waals surface area contributed by atoms with Gasteiger partial charge in [0.1, 0.15) is 60.6 Å². The number of aromatic nitrogens is 2. The van der Waals surface area contributed by atoms with Crippen molar-refractivity contribution < 1.29 is 171 Å². The van der Waals surface area contributed by atoms with Crippen molar-refractivity contribution in [1.82, 2.24) is 14.9 Å². The summed E-state index contributed by atoms with van der Waals surface area (Å²) in [7, 11) is 0. The van der Waals surface area contributed by atoms with Gasteiger partial charge in [0.15, 0.2) is 17.7 Å². The smallest absolute Gasteiger partial charge is 0.408 e. The molecule has 1 saturated heterocycles. The zero-order valence-electron chi connectivity index (χ0n) is 43.6. The molecule has 76 heavy (non-hydrogen) atoms. The molecule has 0 spiro atoms. The van der Waals surface area contributed by atoms with Crippen molar-refractivity contribution >= 4 is 41.6 Å². The van der Waals surface area contributed by atoms with Crippen LogP contribution in [0, 0.1) is 122 Å². The van der Waals surface area contributed by atoms with Gasteiger partial charge >= 0.3 is 35.8 Å². The predicted molar refractivity (Wildman–Crippen MR) is 256 cm³/mol. The van der Waals surface area contributed by atoms with E-state index in [0.29, 0.717) is 11.4 Å². The monoisotopic (exact) mass is 1490 g/mol. The van der Waals surface area contributed by atoms with E-state index in [4.69, 9.17) is 28.4 Å². The number of aryl methyl sites for hydroxylation is 1. The number of nitrogens with zero attached hydrogens (tertiary/aromatic N) is 3. The first-order valence-corrected chi connectivity index (χ1v) is 24.4. The van der Waals surface area contributed by atoms with Crippen LogP contribution in [-0.2, 0) is 54.1 Å². The van der Waals surface area contributed by atoms with Crippen LogP contribution in [0.15, 0.2) is 78.0 Å². The summed E-state index contributed by atoms with van der Waals surface area (Å²) in [5.41, 5.74) is -9.13. The zero-order chi connectivity index (χ0) is 54.3. The number of hydrogen-bond donors (Lipinski definition) is 5. The van der Waals surface area contributed by atoms with E-state index in [0.717, 1.165) is 6.20 Å². The van der Waals surface area contributed by atoms with E-state index in [2.05, 4.69) is 10.3 Å². The largest absolute Gasteiger partial charge is 0.461 e. The first kappa shape index (κ1) is 63.1. The maximum Gasteiger partial charge on any atom is 0.408 e. The molecule has 5 N–H and O–H groups in total. The summed E-state index contributed by atoms with van der Waals surface area (Å²) in [5.74, 6) is -6.52. The van der Waals surface area contributed by atoms with Gasteiger partial charge in [-0.05, 0) is 74.8 Å². The maximum atomic E-state index is 15.5. The van der Waals surface area contributed by atoms with E-state index in [1.807, 2.05) is 0 Å². The Bertz CT molecular complexity index is 2700. The van der Waals surface area contributed by atoms with Gasteiger partial charge in [-0.3, -0.25) is 14.4 Å². The van der Waals surface area contributed by atoms with Gasteiger partial charge in [-0.25, -0.2) is 23.9 Å². The second-order valence-corrected chi connectivity index (χ2v) is 21.1. The van der Waals surface area contributed by atoms with Crippen LogP contribution in [0.5, 0.6) is 0 Å². The molecular weight excluding hydrogens is 1420 g/mol. The van der Waals surface area contributed by atoms with Crippen molar-refractivity contribution in [2.24, 2.45) is 16.7 Å². The number of amides is 1. The minimum absolute atomic E-state index is 0. The number of carbonyl (C=O) groups excluding carboxylic acids is 6. The molecule has 3 fully saturated rings. The fourth-order valence-corrected chi connectivity index (χ4v) is 11.1. The van der Waals surface area contributed by atoms with E-state index in [1.54, 1.807) is 76.2 Å². The van der Waals surface area contributed by atoms with Gasteiger partial charge in [-0.2, -0.15) is 0 Å². The summed E-state index contributed by atoms with van der Waals surface area (Å²) in [5, 5.41) is 64.5. The Morgan fingerprint density at radius 2 is 1.57 bits per heavy atom. The minimum Gasteiger partial charge on any atom is -0.461 e. The number of nitro groups is 1. The number of rotatable bonds is 16. The number of Topliss-reactive ketones (excluding diaryl/α,β-unsaturated/α-hetero) is 1. The number of aliphatic hydroxyl groups is 4. The number of hydrogen-bond acceptors (Lipinski definition) is 19. The zero-order valence-corrected chi connectivity index (χ0v) is 53.1. The third-order valence-electron chi connectivity index (χ3n) is 15.1. The molecule has 11 atom stereocenters. The average Bonchev–Trinajstić information content (AvgIpc) is 3.71. The number of nitrogens with one attached hydrogen (secondary N) is 1. The van der Waals surface area contributed by atoms with Gasteiger partial charge < -0.3 is 64.3 Å². The minimum atomic E-state index is -2.47. The Morgan fingerprint density at radius 3 is 2.16 bits per heavy atom. The van der Waals surface area contributed by atoms with Crippen molar-refractivity contribution in [3.05, 3.63) is 105 Å². The van der Waals surface area contributed by atoms with Crippen LogP contribution in [0.4, 0.5) is 10.6 Å². The summed E-state index contributed by atoms with van der Waals surface area (Å²) in [6.45, 7) is 11.6. The molecule has 2 bridgehead atoms. The van der Waals surface area contributed by atoms with Gasteiger partial charge in [-0.15, -0.1) is 0 Å². The molecule has 7 rings (SSSR count). The third kappa shape index (κ3) is 12.5. The van der Waals surface area contributed by atoms with Crippen molar-refractivity contribution in [3.8, 4) is 0 Å². The van der Waals surface area contributed by atoms with E-state index in [-0.39, 0.29) is 149 Å². The van der Waals surface area contributed by atoms with Crippen molar-refractivity contribution in [1.29, 1.82) is 0 Å². The van der Waals surface area contributed by atoms with Gasteiger partial charge in [-0.1, -0.05) is 62.4 Å². The number of aliphatic hydroxyl groups excluding tert-OH is 2. The van der Waals surface area contributed by atoms with Crippen LogP contribution in [-0.4, -0.2) is 137 Å². The van der Waals surface area contributed by atoms with Gasteiger partial charge in [0.05, 0.1) is 29.7 Å². The predicted octanol–water partition coefficient (Wildman–Crippen LogP) is 4.07. The maximum absolute atomic E-state index is 15.5. The van der Waals surface area contributed by atoms with E-state index in [1.165, 1.54) is 44.4 Å². The third-order valence-corrected chi connectivity index (χ3v) is 15.1. The molecule has 1 amide bonds. The molecule has 2 heterocycles. The van der Waals surface area contributed by atoms with Gasteiger partial charge in [0, 0.05) is 132 Å². The summed E-state index contributed by atoms with van der Waals surface area (Å²) in [4.78, 5) is 98.3. The molecule has 1 aliphatic heterocycles. The fraction of sp³-hybridized carbons (Fsp3) is 0.558. The number of alkyl carbamates (subject to hydrolysis) is 1. The van der Waals surface area contributed by atoms with Crippen molar-refractivity contribution in [2.45, 2.75) is 154 Å². The molecular formula is C52H64Ac2N4O18. The molecule has 3 aliphatic carbocycles. The fourth-order valence-electron chi connectivity index (χ4n) is 11.1. The summed E-state index contributed by atoms with van der Waals surface area (Å²) < 4.78 is 36.2. The van der Waals surface area contributed by atoms with Crippen LogP contribution < -0.4 is 5.32 Å². The van der Waals surface area contributed by atoms with Crippen LogP contribution >= 0.6 is 0 Å². The quantitative estimate of drug-likeness (QED) is 0.0444. The Labute approximate surface area is 510 Å². The van der Waals surface area contributed by atoms with Crippen LogP contribution in [0.25, 0.3) is 0 Å². The van der Waals surface area contributed by atoms with E-state index >= 15 is 4.79 Å². The second-order valence-electron chi connectivity index (χ2n) is 21.1. The van der Waals surface area contributed by atoms with Crippen molar-refractivity contribution in [2.75, 3.05) is 13.2 Å². The Morgan fingerprint density at radius 1 is 0.947 bits per heavy atom. The number of esters is 4. The first-order valence-electron chi connectivity index (χ1n) is 24.4. The number of fused-ring (bicyclic) bond motifs is 5. The van der Waals surface area contributed by atoms with Crippen LogP contribution in [0.3, 0.4) is 0 Å². The molecule has 2 saturated carbocycles. The van der Waals surface area contributed by atoms with Crippen molar-refractivity contribution in [3.63, 3.8) is 0 Å². The van der Waals surface area contributed by atoms with E-state index < -0.39 is 130 Å². The summed E-state index contributed by atoms with van der Waals surface area (Å²) in [6, 6.07) is 14.3. The number of imidazole rings is 1. The van der Waals surface area contributed by atoms with Crippen LogP contribution in [0.1, 0.15) is 108 Å². The van der Waals surface area contributed by atoms with Crippen LogP contribution in [0.2, 0.25) is 0 Å². The molecule has 2 aromatic carbocycles. The number of ketones is 1. The molecule has 1 aromatic heterocycles. The number of carbonyl (C=O) groups is 6. The molecule has 3 aromatic rings. The Balaban J connectivity index is 0.00000533. The number of ether oxygens (including phenoxy) is 6. The standard InChI is InChI=1S/C52H64N4O18.2Ac/c1-28-32(71-46(63)41(60)39(30-16-11-9-12-17-30)54-47(64)74-48(3,4)5)25-52(66)44(73-45(62)31-18-13-10-14-19-31)42-50(8,43(61)40(59)38(28)49(52,6)7)33(24-34-51(42,65)27-70-34)72-37(58)21-15-20-36(57)69-23-22-55-29(2)53-26-35(55)56(67)68;;/h9-14,16-19,26,32-34,39-42,44,59-60,65-66H,15,20-25,27H2,1-8H3,(H,54,64);;/t32?,33?,34?,39?,40?,41?,42?,44?,50-,51?,52?;;/m1../s1. The number of benzene rings is 2. The molecule has 10 unspecified atom stereocenters. The molecule has 406 valence electrons. The molecule has 4 aliphatic rings.